The van der Waals surface area contributed by atoms with Gasteiger partial charge >= 0.3 is 5.91 Å². The van der Waals surface area contributed by atoms with E-state index in [1.165, 1.54) is 0 Å². The van der Waals surface area contributed by atoms with Crippen LogP contribution in [-0.4, -0.2) is 11.6 Å². The van der Waals surface area contributed by atoms with Gasteiger partial charge in [-0.2, -0.15) is 5.10 Å². The zero-order valence-electron chi connectivity index (χ0n) is 11.9. The fourth-order valence-electron chi connectivity index (χ4n) is 1.86. The molecule has 0 saturated carbocycles. The summed E-state index contributed by atoms with van der Waals surface area (Å²) in [6, 6.07) is 13.2. The number of nitrogens with zero attached hydrogens (tertiary/aromatic N) is 1. The SMILES string of the molecule is Cc1ccc(C(=O)N/N=C(\c2ccccc2)C(C)C)o1. The fourth-order valence-corrected chi connectivity index (χ4v) is 1.86. The number of carbonyl (C=O) groups excluding carboxylic acids is 1. The Kier molecular flexibility index (Phi) is 4.35. The number of nitrogens with one attached hydrogen (secondary N) is 1. The summed E-state index contributed by atoms with van der Waals surface area (Å²) in [6.45, 7) is 5.87. The molecule has 0 bridgehead atoms. The van der Waals surface area contributed by atoms with Crippen molar-refractivity contribution in [3.63, 3.8) is 0 Å². The number of amides is 1. The normalized spacial score (nSPS) is 11.7. The second kappa shape index (κ2) is 6.19. The predicted molar refractivity (Wildman–Crippen MR) is 78.7 cm³/mol. The first-order chi connectivity index (χ1) is 9.58. The number of carbonyl (C=O) groups is 1. The van der Waals surface area contributed by atoms with Crippen LogP contribution in [0, 0.1) is 12.8 Å². The highest BCUT2D eigenvalue weighted by Crippen LogP contribution is 2.10. The lowest BCUT2D eigenvalue weighted by molar-refractivity contribution is 0.0926. The molecule has 0 atom stereocenters. The van der Waals surface area contributed by atoms with Gasteiger partial charge in [0.15, 0.2) is 5.76 Å². The molecule has 20 heavy (non-hydrogen) atoms. The molecule has 0 aliphatic carbocycles. The summed E-state index contributed by atoms with van der Waals surface area (Å²) in [5.41, 5.74) is 4.38. The van der Waals surface area contributed by atoms with Crippen LogP contribution in [0.5, 0.6) is 0 Å². The maximum absolute atomic E-state index is 11.9. The number of rotatable bonds is 4. The molecule has 0 unspecified atom stereocenters. The van der Waals surface area contributed by atoms with Gasteiger partial charge < -0.3 is 4.42 Å². The third kappa shape index (κ3) is 3.35. The van der Waals surface area contributed by atoms with Crippen molar-refractivity contribution in [3.05, 3.63) is 59.5 Å². The van der Waals surface area contributed by atoms with Gasteiger partial charge in [0, 0.05) is 0 Å². The number of furan rings is 1. The lowest BCUT2D eigenvalue weighted by Crippen LogP contribution is -2.21. The summed E-state index contributed by atoms with van der Waals surface area (Å²) in [6.07, 6.45) is 0. The highest BCUT2D eigenvalue weighted by Gasteiger charge is 2.12. The van der Waals surface area contributed by atoms with Crippen molar-refractivity contribution < 1.29 is 9.21 Å². The number of hydrogen-bond donors (Lipinski definition) is 1. The smallest absolute Gasteiger partial charge is 0.307 e. The lowest BCUT2D eigenvalue weighted by atomic mass is 10.0. The zero-order chi connectivity index (χ0) is 14.5. The summed E-state index contributed by atoms with van der Waals surface area (Å²) in [5.74, 6) is 0.830. The van der Waals surface area contributed by atoms with Crippen LogP contribution in [0.1, 0.15) is 35.7 Å². The van der Waals surface area contributed by atoms with Gasteiger partial charge in [0.25, 0.3) is 0 Å². The van der Waals surface area contributed by atoms with Crippen LogP contribution in [0.4, 0.5) is 0 Å². The largest absolute Gasteiger partial charge is 0.456 e. The molecule has 2 aromatic rings. The molecule has 0 fully saturated rings. The van der Waals surface area contributed by atoms with Crippen molar-refractivity contribution in [2.45, 2.75) is 20.8 Å². The predicted octanol–water partition coefficient (Wildman–Crippen LogP) is 3.38. The van der Waals surface area contributed by atoms with Gasteiger partial charge in [-0.05, 0) is 30.5 Å². The molecule has 104 valence electrons. The van der Waals surface area contributed by atoms with E-state index in [1.54, 1.807) is 19.1 Å². The Hall–Kier alpha value is -2.36. The summed E-state index contributed by atoms with van der Waals surface area (Å²) in [5, 5.41) is 4.24. The average molecular weight is 270 g/mol. The molecular weight excluding hydrogens is 252 g/mol. The van der Waals surface area contributed by atoms with Crippen molar-refractivity contribution in [1.29, 1.82) is 0 Å². The Morgan fingerprint density at radius 3 is 2.40 bits per heavy atom. The second-order valence-electron chi connectivity index (χ2n) is 4.87. The molecule has 0 radical (unpaired) electrons. The van der Waals surface area contributed by atoms with Gasteiger partial charge in [-0.25, -0.2) is 5.43 Å². The van der Waals surface area contributed by atoms with Gasteiger partial charge in [0.05, 0.1) is 5.71 Å². The Morgan fingerprint density at radius 1 is 1.15 bits per heavy atom. The highest BCUT2D eigenvalue weighted by molar-refractivity contribution is 6.03. The van der Waals surface area contributed by atoms with E-state index in [2.05, 4.69) is 10.5 Å². The maximum Gasteiger partial charge on any atom is 0.307 e. The minimum atomic E-state index is -0.341. The molecule has 0 aliphatic heterocycles. The van der Waals surface area contributed by atoms with Crippen molar-refractivity contribution in [2.24, 2.45) is 11.0 Å². The van der Waals surface area contributed by atoms with Crippen LogP contribution < -0.4 is 5.43 Å². The van der Waals surface area contributed by atoms with Crippen molar-refractivity contribution in [3.8, 4) is 0 Å². The Morgan fingerprint density at radius 2 is 1.85 bits per heavy atom. The molecule has 1 aromatic heterocycles. The van der Waals surface area contributed by atoms with E-state index in [-0.39, 0.29) is 17.6 Å². The topological polar surface area (TPSA) is 54.6 Å². The molecule has 1 aromatic carbocycles. The van der Waals surface area contributed by atoms with Crippen molar-refractivity contribution >= 4 is 11.6 Å². The van der Waals surface area contributed by atoms with Crippen LogP contribution in [0.15, 0.2) is 52.0 Å². The molecule has 4 nitrogen and oxygen atoms in total. The van der Waals surface area contributed by atoms with Crippen LogP contribution in [0.3, 0.4) is 0 Å². The molecule has 4 heteroatoms. The summed E-state index contributed by atoms with van der Waals surface area (Å²) >= 11 is 0. The molecule has 1 heterocycles. The average Bonchev–Trinajstić information content (AvgIpc) is 2.86. The van der Waals surface area contributed by atoms with Crippen molar-refractivity contribution in [1.82, 2.24) is 5.43 Å². The third-order valence-electron chi connectivity index (χ3n) is 2.86. The molecule has 2 rings (SSSR count). The number of hydrazone groups is 1. The van der Waals surface area contributed by atoms with E-state index in [0.717, 1.165) is 11.3 Å². The summed E-state index contributed by atoms with van der Waals surface area (Å²) < 4.78 is 5.26. The van der Waals surface area contributed by atoms with Crippen LogP contribution >= 0.6 is 0 Å². The van der Waals surface area contributed by atoms with Crippen LogP contribution in [-0.2, 0) is 0 Å². The standard InChI is InChI=1S/C16H18N2O2/c1-11(2)15(13-7-5-4-6-8-13)17-18-16(19)14-10-9-12(3)20-14/h4-11H,1-3H3,(H,18,19)/b17-15-. The van der Waals surface area contributed by atoms with Gasteiger partial charge in [0.1, 0.15) is 5.76 Å². The highest BCUT2D eigenvalue weighted by atomic mass is 16.3. The Bertz CT molecular complexity index is 612. The van der Waals surface area contributed by atoms with E-state index in [9.17, 15) is 4.79 Å². The number of benzene rings is 1. The lowest BCUT2D eigenvalue weighted by Gasteiger charge is -2.10. The molecule has 0 aliphatic rings. The van der Waals surface area contributed by atoms with E-state index in [1.807, 2.05) is 44.2 Å². The van der Waals surface area contributed by atoms with E-state index in [0.29, 0.717) is 5.76 Å². The molecular formula is C16H18N2O2. The summed E-state index contributed by atoms with van der Waals surface area (Å²) in [4.78, 5) is 11.9. The molecule has 1 N–H and O–H groups in total. The fraction of sp³-hybridized carbons (Fsp3) is 0.250. The molecule has 0 spiro atoms. The van der Waals surface area contributed by atoms with E-state index in [4.69, 9.17) is 4.42 Å². The molecule has 0 saturated heterocycles. The second-order valence-corrected chi connectivity index (χ2v) is 4.87. The first kappa shape index (κ1) is 14.1. The van der Waals surface area contributed by atoms with E-state index >= 15 is 0 Å². The van der Waals surface area contributed by atoms with Gasteiger partial charge in [-0.15, -0.1) is 0 Å². The monoisotopic (exact) mass is 270 g/mol. The van der Waals surface area contributed by atoms with Crippen LogP contribution in [0.25, 0.3) is 0 Å². The minimum absolute atomic E-state index is 0.205. The molecule has 1 amide bonds. The first-order valence-corrected chi connectivity index (χ1v) is 6.57. The number of hydrogen-bond acceptors (Lipinski definition) is 3. The van der Waals surface area contributed by atoms with Crippen molar-refractivity contribution in [2.75, 3.05) is 0 Å². The van der Waals surface area contributed by atoms with Crippen LogP contribution in [0.2, 0.25) is 0 Å². The first-order valence-electron chi connectivity index (χ1n) is 6.57. The number of aryl methyl sites for hydroxylation is 1. The van der Waals surface area contributed by atoms with Gasteiger partial charge in [-0.3, -0.25) is 4.79 Å². The Labute approximate surface area is 118 Å². The van der Waals surface area contributed by atoms with Gasteiger partial charge in [0.2, 0.25) is 0 Å². The van der Waals surface area contributed by atoms with Gasteiger partial charge in [-0.1, -0.05) is 44.2 Å². The quantitative estimate of drug-likeness (QED) is 0.684. The zero-order valence-corrected chi connectivity index (χ0v) is 11.9. The summed E-state index contributed by atoms with van der Waals surface area (Å²) in [7, 11) is 0. The minimum Gasteiger partial charge on any atom is -0.456 e. The van der Waals surface area contributed by atoms with E-state index < -0.39 is 0 Å². The third-order valence-corrected chi connectivity index (χ3v) is 2.86. The maximum atomic E-state index is 11.9. The Balaban J connectivity index is 2.17.